The average molecular weight is 354 g/mol. The standard InChI is InChI=1S/C19H16F2N4O/c1-2-12-6-3-4-9-15(12)24-17-11-22-16(10-23-17)19(26)25-18-13(20)7-5-8-14(18)21/h3-11H,2H2,1H3,(H,23,24)(H,25,26). The molecule has 1 aromatic heterocycles. The molecule has 26 heavy (non-hydrogen) atoms. The van der Waals surface area contributed by atoms with Crippen molar-refractivity contribution < 1.29 is 13.6 Å². The van der Waals surface area contributed by atoms with Gasteiger partial charge in [0.15, 0.2) is 0 Å². The monoisotopic (exact) mass is 354 g/mol. The number of anilines is 3. The molecule has 1 heterocycles. The van der Waals surface area contributed by atoms with Gasteiger partial charge < -0.3 is 10.6 Å². The first-order chi connectivity index (χ1) is 12.6. The van der Waals surface area contributed by atoms with Gasteiger partial charge in [0, 0.05) is 5.69 Å². The van der Waals surface area contributed by atoms with Gasteiger partial charge in [0.2, 0.25) is 0 Å². The number of hydrogen-bond donors (Lipinski definition) is 2. The number of hydrogen-bond acceptors (Lipinski definition) is 4. The summed E-state index contributed by atoms with van der Waals surface area (Å²) in [6, 6.07) is 11.1. The molecule has 0 saturated heterocycles. The second kappa shape index (κ2) is 7.69. The summed E-state index contributed by atoms with van der Waals surface area (Å²) in [5, 5.41) is 5.30. The molecule has 7 heteroatoms. The third kappa shape index (κ3) is 3.83. The number of carbonyl (C=O) groups is 1. The molecule has 2 N–H and O–H groups in total. The highest BCUT2D eigenvalue weighted by Crippen LogP contribution is 2.20. The van der Waals surface area contributed by atoms with Crippen molar-refractivity contribution in [2.75, 3.05) is 10.6 Å². The quantitative estimate of drug-likeness (QED) is 0.716. The van der Waals surface area contributed by atoms with Crippen molar-refractivity contribution in [1.29, 1.82) is 0 Å². The Kier molecular flexibility index (Phi) is 5.17. The molecule has 0 aliphatic heterocycles. The van der Waals surface area contributed by atoms with Gasteiger partial charge in [0.05, 0.1) is 12.4 Å². The lowest BCUT2D eigenvalue weighted by molar-refractivity contribution is 0.102. The molecule has 0 fully saturated rings. The van der Waals surface area contributed by atoms with E-state index in [1.807, 2.05) is 31.2 Å². The molecule has 0 spiro atoms. The summed E-state index contributed by atoms with van der Waals surface area (Å²) >= 11 is 0. The fourth-order valence-electron chi connectivity index (χ4n) is 2.39. The molecule has 1 amide bonds. The first-order valence-electron chi connectivity index (χ1n) is 8.01. The van der Waals surface area contributed by atoms with Gasteiger partial charge in [-0.25, -0.2) is 18.7 Å². The molecule has 0 aliphatic rings. The van der Waals surface area contributed by atoms with E-state index in [9.17, 15) is 13.6 Å². The van der Waals surface area contributed by atoms with E-state index >= 15 is 0 Å². The largest absolute Gasteiger partial charge is 0.339 e. The molecule has 0 saturated carbocycles. The molecule has 0 aliphatic carbocycles. The van der Waals surface area contributed by atoms with Gasteiger partial charge in [-0.3, -0.25) is 4.79 Å². The minimum atomic E-state index is -0.860. The number of amides is 1. The summed E-state index contributed by atoms with van der Waals surface area (Å²) in [7, 11) is 0. The predicted octanol–water partition coefficient (Wildman–Crippen LogP) is 4.31. The van der Waals surface area contributed by atoms with Crippen molar-refractivity contribution >= 4 is 23.1 Å². The number of aryl methyl sites for hydroxylation is 1. The lowest BCUT2D eigenvalue weighted by Crippen LogP contribution is -2.16. The van der Waals surface area contributed by atoms with E-state index in [-0.39, 0.29) is 5.69 Å². The van der Waals surface area contributed by atoms with E-state index in [1.54, 1.807) is 0 Å². The van der Waals surface area contributed by atoms with Gasteiger partial charge in [-0.05, 0) is 30.2 Å². The summed E-state index contributed by atoms with van der Waals surface area (Å²) in [5.74, 6) is -2.01. The van der Waals surface area contributed by atoms with E-state index in [0.717, 1.165) is 29.8 Å². The van der Waals surface area contributed by atoms with E-state index < -0.39 is 23.2 Å². The first-order valence-corrected chi connectivity index (χ1v) is 8.01. The Balaban J connectivity index is 1.74. The zero-order valence-electron chi connectivity index (χ0n) is 14.0. The molecule has 0 radical (unpaired) electrons. The number of aromatic nitrogens is 2. The SMILES string of the molecule is CCc1ccccc1Nc1cnc(C(=O)Nc2c(F)cccc2F)cn1. The summed E-state index contributed by atoms with van der Waals surface area (Å²) in [5.41, 5.74) is 1.45. The van der Waals surface area contributed by atoms with Crippen LogP contribution in [-0.2, 0) is 6.42 Å². The van der Waals surface area contributed by atoms with E-state index in [2.05, 4.69) is 20.6 Å². The Morgan fingerprint density at radius 1 is 1.00 bits per heavy atom. The lowest BCUT2D eigenvalue weighted by Gasteiger charge is -2.10. The van der Waals surface area contributed by atoms with E-state index in [1.165, 1.54) is 18.5 Å². The van der Waals surface area contributed by atoms with Crippen LogP contribution in [0.3, 0.4) is 0 Å². The topological polar surface area (TPSA) is 66.9 Å². The van der Waals surface area contributed by atoms with Crippen molar-refractivity contribution in [2.45, 2.75) is 13.3 Å². The van der Waals surface area contributed by atoms with Crippen LogP contribution < -0.4 is 10.6 Å². The Labute approximate surface area is 149 Å². The maximum Gasteiger partial charge on any atom is 0.276 e. The van der Waals surface area contributed by atoms with Crippen molar-refractivity contribution in [3.05, 3.63) is 77.8 Å². The first kappa shape index (κ1) is 17.5. The molecule has 3 rings (SSSR count). The number of para-hydroxylation sites is 2. The minimum Gasteiger partial charge on any atom is -0.339 e. The number of nitrogens with one attached hydrogen (secondary N) is 2. The maximum atomic E-state index is 13.6. The molecular formula is C19H16F2N4O. The van der Waals surface area contributed by atoms with Crippen LogP contribution in [0.25, 0.3) is 0 Å². The molecular weight excluding hydrogens is 338 g/mol. The zero-order valence-corrected chi connectivity index (χ0v) is 14.0. The smallest absolute Gasteiger partial charge is 0.276 e. The van der Waals surface area contributed by atoms with Gasteiger partial charge in [0.25, 0.3) is 5.91 Å². The molecule has 2 aromatic carbocycles. The summed E-state index contributed by atoms with van der Waals surface area (Å²) in [6.07, 6.45) is 3.48. The second-order valence-corrected chi connectivity index (χ2v) is 5.47. The van der Waals surface area contributed by atoms with Crippen molar-refractivity contribution in [2.24, 2.45) is 0 Å². The lowest BCUT2D eigenvalue weighted by atomic mass is 10.1. The second-order valence-electron chi connectivity index (χ2n) is 5.47. The van der Waals surface area contributed by atoms with Crippen LogP contribution in [0, 0.1) is 11.6 Å². The highest BCUT2D eigenvalue weighted by atomic mass is 19.1. The Morgan fingerprint density at radius 2 is 1.73 bits per heavy atom. The fraction of sp³-hybridized carbons (Fsp3) is 0.105. The molecule has 0 bridgehead atoms. The van der Waals surface area contributed by atoms with Gasteiger partial charge in [-0.15, -0.1) is 0 Å². The maximum absolute atomic E-state index is 13.6. The normalized spacial score (nSPS) is 10.4. The summed E-state index contributed by atoms with van der Waals surface area (Å²) in [4.78, 5) is 20.3. The molecule has 0 unspecified atom stereocenters. The van der Waals surface area contributed by atoms with Crippen molar-refractivity contribution in [1.82, 2.24) is 9.97 Å². The van der Waals surface area contributed by atoms with Gasteiger partial charge in [0.1, 0.15) is 28.8 Å². The van der Waals surface area contributed by atoms with Crippen molar-refractivity contribution in [3.63, 3.8) is 0 Å². The number of benzene rings is 2. The average Bonchev–Trinajstić information content (AvgIpc) is 2.66. The highest BCUT2D eigenvalue weighted by Gasteiger charge is 2.14. The van der Waals surface area contributed by atoms with Crippen LogP contribution in [0.4, 0.5) is 26.0 Å². The van der Waals surface area contributed by atoms with Gasteiger partial charge >= 0.3 is 0 Å². The molecule has 132 valence electrons. The van der Waals surface area contributed by atoms with Crippen LogP contribution in [0.2, 0.25) is 0 Å². The van der Waals surface area contributed by atoms with Crippen LogP contribution in [0.15, 0.2) is 54.9 Å². The van der Waals surface area contributed by atoms with Gasteiger partial charge in [-0.1, -0.05) is 31.2 Å². The third-order valence-corrected chi connectivity index (χ3v) is 3.75. The van der Waals surface area contributed by atoms with E-state index in [0.29, 0.717) is 5.82 Å². The van der Waals surface area contributed by atoms with Crippen LogP contribution >= 0.6 is 0 Å². The highest BCUT2D eigenvalue weighted by molar-refractivity contribution is 6.02. The Hall–Kier alpha value is -3.35. The van der Waals surface area contributed by atoms with E-state index in [4.69, 9.17) is 0 Å². The van der Waals surface area contributed by atoms with Crippen molar-refractivity contribution in [3.8, 4) is 0 Å². The fourth-order valence-corrected chi connectivity index (χ4v) is 2.39. The number of carbonyl (C=O) groups excluding carboxylic acids is 1. The van der Waals surface area contributed by atoms with Crippen LogP contribution in [0.1, 0.15) is 23.0 Å². The van der Waals surface area contributed by atoms with Crippen LogP contribution in [0.5, 0.6) is 0 Å². The third-order valence-electron chi connectivity index (χ3n) is 3.75. The number of rotatable bonds is 5. The molecule has 5 nitrogen and oxygen atoms in total. The Bertz CT molecular complexity index is 909. The number of halogens is 2. The predicted molar refractivity (Wildman–Crippen MR) is 95.4 cm³/mol. The van der Waals surface area contributed by atoms with Crippen LogP contribution in [-0.4, -0.2) is 15.9 Å². The number of nitrogens with zero attached hydrogens (tertiary/aromatic N) is 2. The Morgan fingerprint density at radius 3 is 2.38 bits per heavy atom. The summed E-state index contributed by atoms with van der Waals surface area (Å²) < 4.78 is 27.2. The zero-order chi connectivity index (χ0) is 18.5. The summed E-state index contributed by atoms with van der Waals surface area (Å²) in [6.45, 7) is 2.04. The molecule has 3 aromatic rings. The van der Waals surface area contributed by atoms with Gasteiger partial charge in [-0.2, -0.15) is 0 Å². The minimum absolute atomic E-state index is 0.0537. The molecule has 0 atom stereocenters.